The highest BCUT2D eigenvalue weighted by Gasteiger charge is 2.16. The largest absolute Gasteiger partial charge is 0.343 e. The maximum Gasteiger partial charge on any atom is 0.222 e. The van der Waals surface area contributed by atoms with Crippen LogP contribution in [0.25, 0.3) is 0 Å². The summed E-state index contributed by atoms with van der Waals surface area (Å²) in [6.45, 7) is 1.91. The molecule has 0 radical (unpaired) electrons. The third-order valence-electron chi connectivity index (χ3n) is 2.84. The fourth-order valence-corrected chi connectivity index (χ4v) is 1.93. The van der Waals surface area contributed by atoms with Crippen molar-refractivity contribution in [2.24, 2.45) is 0 Å². The van der Waals surface area contributed by atoms with Gasteiger partial charge in [-0.3, -0.25) is 9.78 Å². The molecule has 0 saturated carbocycles. The molecule has 2 rings (SSSR count). The summed E-state index contributed by atoms with van der Waals surface area (Å²) in [5.74, 6) is 0.296. The summed E-state index contributed by atoms with van der Waals surface area (Å²) in [5.41, 5.74) is 1.19. The molecule has 0 N–H and O–H groups in total. The molecule has 1 aliphatic heterocycles. The number of pyridine rings is 1. The van der Waals surface area contributed by atoms with E-state index in [1.54, 1.807) is 12.4 Å². The number of aromatic nitrogens is 1. The van der Waals surface area contributed by atoms with Crippen molar-refractivity contribution in [2.75, 3.05) is 13.1 Å². The van der Waals surface area contributed by atoms with E-state index in [4.69, 9.17) is 0 Å². The predicted octanol–water partition coefficient (Wildman–Crippen LogP) is 1.64. The van der Waals surface area contributed by atoms with Crippen molar-refractivity contribution in [1.29, 1.82) is 0 Å². The van der Waals surface area contributed by atoms with Crippen molar-refractivity contribution >= 4 is 5.91 Å². The number of likely N-dealkylation sites (tertiary alicyclic amines) is 1. The van der Waals surface area contributed by atoms with Gasteiger partial charge in [0.05, 0.1) is 0 Å². The van der Waals surface area contributed by atoms with E-state index in [9.17, 15) is 4.79 Å². The number of amides is 1. The van der Waals surface area contributed by atoms with Crippen molar-refractivity contribution in [3.63, 3.8) is 0 Å². The number of hydrogen-bond donors (Lipinski definition) is 0. The van der Waals surface area contributed by atoms with Crippen LogP contribution in [0.5, 0.6) is 0 Å². The summed E-state index contributed by atoms with van der Waals surface area (Å²) in [6, 6.07) is 3.94. The smallest absolute Gasteiger partial charge is 0.222 e. The quantitative estimate of drug-likeness (QED) is 0.750. The van der Waals surface area contributed by atoms with E-state index in [0.29, 0.717) is 12.3 Å². The zero-order chi connectivity index (χ0) is 10.5. The van der Waals surface area contributed by atoms with Crippen LogP contribution in [-0.4, -0.2) is 28.9 Å². The molecule has 0 unspecified atom stereocenters. The average Bonchev–Trinajstić information content (AvgIpc) is 2.81. The second-order valence-corrected chi connectivity index (χ2v) is 3.94. The highest BCUT2D eigenvalue weighted by Crippen LogP contribution is 2.10. The van der Waals surface area contributed by atoms with Gasteiger partial charge in [-0.05, 0) is 37.0 Å². The summed E-state index contributed by atoms with van der Waals surface area (Å²) in [7, 11) is 0. The first-order valence-corrected chi connectivity index (χ1v) is 5.53. The highest BCUT2D eigenvalue weighted by molar-refractivity contribution is 5.76. The molecule has 1 saturated heterocycles. The van der Waals surface area contributed by atoms with Gasteiger partial charge in [-0.2, -0.15) is 0 Å². The molecule has 1 fully saturated rings. The maximum absolute atomic E-state index is 11.7. The molecule has 1 aromatic heterocycles. The van der Waals surface area contributed by atoms with Crippen LogP contribution in [0.15, 0.2) is 24.5 Å². The van der Waals surface area contributed by atoms with Crippen LogP contribution < -0.4 is 0 Å². The van der Waals surface area contributed by atoms with Gasteiger partial charge in [-0.1, -0.05) is 0 Å². The van der Waals surface area contributed by atoms with Gasteiger partial charge in [0.25, 0.3) is 0 Å². The molecule has 80 valence electrons. The number of carbonyl (C=O) groups excluding carboxylic acids is 1. The Bertz CT molecular complexity index is 318. The minimum Gasteiger partial charge on any atom is -0.343 e. The van der Waals surface area contributed by atoms with E-state index in [-0.39, 0.29) is 0 Å². The first-order chi connectivity index (χ1) is 7.36. The minimum atomic E-state index is 0.296. The molecular formula is C12H16N2O. The molecule has 1 amide bonds. The number of hydrogen-bond acceptors (Lipinski definition) is 2. The number of rotatable bonds is 3. The third-order valence-corrected chi connectivity index (χ3v) is 2.84. The number of carbonyl (C=O) groups is 1. The Morgan fingerprint density at radius 1 is 1.27 bits per heavy atom. The molecule has 2 heterocycles. The van der Waals surface area contributed by atoms with Crippen molar-refractivity contribution in [3.05, 3.63) is 30.1 Å². The van der Waals surface area contributed by atoms with E-state index in [1.807, 2.05) is 17.0 Å². The topological polar surface area (TPSA) is 33.2 Å². The Balaban J connectivity index is 1.80. The zero-order valence-electron chi connectivity index (χ0n) is 8.85. The SMILES string of the molecule is O=C(CCc1ccncc1)N1CCCC1. The Morgan fingerprint density at radius 3 is 2.60 bits per heavy atom. The molecule has 0 spiro atoms. The average molecular weight is 204 g/mol. The van der Waals surface area contributed by atoms with Gasteiger partial charge in [0, 0.05) is 31.9 Å². The lowest BCUT2D eigenvalue weighted by Crippen LogP contribution is -2.27. The summed E-state index contributed by atoms with van der Waals surface area (Å²) in [6.07, 6.45) is 7.34. The van der Waals surface area contributed by atoms with Crippen molar-refractivity contribution in [3.8, 4) is 0 Å². The molecular weight excluding hydrogens is 188 g/mol. The third kappa shape index (κ3) is 2.78. The van der Waals surface area contributed by atoms with Gasteiger partial charge in [-0.25, -0.2) is 0 Å². The van der Waals surface area contributed by atoms with Gasteiger partial charge in [0.1, 0.15) is 0 Å². The molecule has 1 aromatic rings. The number of aryl methyl sites for hydroxylation is 1. The lowest BCUT2D eigenvalue weighted by molar-refractivity contribution is -0.130. The van der Waals surface area contributed by atoms with Crippen LogP contribution in [0.1, 0.15) is 24.8 Å². The second kappa shape index (κ2) is 4.91. The molecule has 3 nitrogen and oxygen atoms in total. The van der Waals surface area contributed by atoms with Gasteiger partial charge in [-0.15, -0.1) is 0 Å². The molecule has 0 aliphatic carbocycles. The molecule has 1 aliphatic rings. The van der Waals surface area contributed by atoms with E-state index >= 15 is 0 Å². The van der Waals surface area contributed by atoms with Crippen LogP contribution in [0.4, 0.5) is 0 Å². The van der Waals surface area contributed by atoms with Crippen LogP contribution >= 0.6 is 0 Å². The first-order valence-electron chi connectivity index (χ1n) is 5.53. The summed E-state index contributed by atoms with van der Waals surface area (Å²) in [4.78, 5) is 17.7. The fourth-order valence-electron chi connectivity index (χ4n) is 1.93. The lowest BCUT2D eigenvalue weighted by atomic mass is 10.1. The standard InChI is InChI=1S/C12H16N2O/c15-12(14-9-1-2-10-14)4-3-11-5-7-13-8-6-11/h5-8H,1-4,9-10H2. The van der Waals surface area contributed by atoms with Crippen LogP contribution in [-0.2, 0) is 11.2 Å². The van der Waals surface area contributed by atoms with Crippen molar-refractivity contribution in [1.82, 2.24) is 9.88 Å². The highest BCUT2D eigenvalue weighted by atomic mass is 16.2. The molecule has 0 atom stereocenters. The van der Waals surface area contributed by atoms with E-state index < -0.39 is 0 Å². The second-order valence-electron chi connectivity index (χ2n) is 3.94. The van der Waals surface area contributed by atoms with Crippen LogP contribution in [0.3, 0.4) is 0 Å². The van der Waals surface area contributed by atoms with E-state index in [1.165, 1.54) is 18.4 Å². The molecule has 0 aromatic carbocycles. The Kier molecular flexibility index (Phi) is 3.33. The normalized spacial score (nSPS) is 15.6. The van der Waals surface area contributed by atoms with E-state index in [0.717, 1.165) is 19.5 Å². The van der Waals surface area contributed by atoms with Crippen molar-refractivity contribution < 1.29 is 4.79 Å². The van der Waals surface area contributed by atoms with Gasteiger partial charge >= 0.3 is 0 Å². The summed E-state index contributed by atoms with van der Waals surface area (Å²) in [5, 5.41) is 0. The first kappa shape index (κ1) is 10.1. The Hall–Kier alpha value is -1.38. The van der Waals surface area contributed by atoms with Gasteiger partial charge in [0.2, 0.25) is 5.91 Å². The fraction of sp³-hybridized carbons (Fsp3) is 0.500. The Labute approximate surface area is 90.1 Å². The minimum absolute atomic E-state index is 0.296. The summed E-state index contributed by atoms with van der Waals surface area (Å²) >= 11 is 0. The molecule has 3 heteroatoms. The predicted molar refractivity (Wildman–Crippen MR) is 58.4 cm³/mol. The molecule has 0 bridgehead atoms. The maximum atomic E-state index is 11.7. The molecule has 15 heavy (non-hydrogen) atoms. The Morgan fingerprint density at radius 2 is 1.93 bits per heavy atom. The van der Waals surface area contributed by atoms with Crippen molar-refractivity contribution in [2.45, 2.75) is 25.7 Å². The van der Waals surface area contributed by atoms with Crippen LogP contribution in [0, 0.1) is 0 Å². The number of nitrogens with zero attached hydrogens (tertiary/aromatic N) is 2. The monoisotopic (exact) mass is 204 g/mol. The van der Waals surface area contributed by atoms with Gasteiger partial charge < -0.3 is 4.90 Å². The summed E-state index contributed by atoms with van der Waals surface area (Å²) < 4.78 is 0. The van der Waals surface area contributed by atoms with E-state index in [2.05, 4.69) is 4.98 Å². The lowest BCUT2D eigenvalue weighted by Gasteiger charge is -2.14. The van der Waals surface area contributed by atoms with Crippen LogP contribution in [0.2, 0.25) is 0 Å². The zero-order valence-corrected chi connectivity index (χ0v) is 8.85. The van der Waals surface area contributed by atoms with Gasteiger partial charge in [0.15, 0.2) is 0 Å².